The number of methoxy groups -OCH3 is 1. The Morgan fingerprint density at radius 2 is 2.16 bits per heavy atom. The summed E-state index contributed by atoms with van der Waals surface area (Å²) in [6, 6.07) is 0. The van der Waals surface area contributed by atoms with E-state index < -0.39 is 5.97 Å². The first-order valence-electron chi connectivity index (χ1n) is 6.93. The Morgan fingerprint density at radius 3 is 2.63 bits per heavy atom. The molecule has 1 aliphatic rings. The maximum absolute atomic E-state index is 11.2. The van der Waals surface area contributed by atoms with Crippen LogP contribution in [0, 0.1) is 5.92 Å². The first-order valence-corrected chi connectivity index (χ1v) is 7.74. The molecular weight excluding hydrogens is 262 g/mol. The van der Waals surface area contributed by atoms with E-state index in [-0.39, 0.29) is 6.10 Å². The smallest absolute Gasteiger partial charge is 0.347 e. The standard InChI is InChI=1S/C14H21NO3S/c1-3-10-12(14(16)17)19-13(15-10)11(18-2)9-7-5-4-6-8-9/h9,11H,3-8H2,1-2H3,(H,16,17). The third-order valence-corrected chi connectivity index (χ3v) is 4.97. The predicted octanol–water partition coefficient (Wildman–Crippen LogP) is 3.67. The van der Waals surface area contributed by atoms with Crippen LogP contribution in [-0.2, 0) is 11.2 Å². The van der Waals surface area contributed by atoms with E-state index >= 15 is 0 Å². The molecule has 1 saturated carbocycles. The summed E-state index contributed by atoms with van der Waals surface area (Å²) in [6.07, 6.45) is 6.70. The van der Waals surface area contributed by atoms with Crippen LogP contribution < -0.4 is 0 Å². The van der Waals surface area contributed by atoms with Crippen molar-refractivity contribution in [1.82, 2.24) is 4.98 Å². The van der Waals surface area contributed by atoms with Crippen molar-refractivity contribution in [3.8, 4) is 0 Å². The number of aryl methyl sites for hydroxylation is 1. The second-order valence-corrected chi connectivity index (χ2v) is 6.07. The minimum absolute atomic E-state index is 0.0382. The van der Waals surface area contributed by atoms with Gasteiger partial charge in [-0.25, -0.2) is 9.78 Å². The lowest BCUT2D eigenvalue weighted by atomic mass is 9.85. The molecule has 0 aromatic carbocycles. The van der Waals surface area contributed by atoms with E-state index in [1.165, 1.54) is 30.6 Å². The molecule has 0 amide bonds. The maximum Gasteiger partial charge on any atom is 0.347 e. The zero-order chi connectivity index (χ0) is 13.8. The quantitative estimate of drug-likeness (QED) is 0.895. The van der Waals surface area contributed by atoms with Gasteiger partial charge in [-0.3, -0.25) is 0 Å². The van der Waals surface area contributed by atoms with Crippen LogP contribution in [0.3, 0.4) is 0 Å². The molecule has 0 radical (unpaired) electrons. The molecule has 0 saturated heterocycles. The van der Waals surface area contributed by atoms with Gasteiger partial charge in [0.15, 0.2) is 0 Å². The summed E-state index contributed by atoms with van der Waals surface area (Å²) in [6.45, 7) is 1.94. The van der Waals surface area contributed by atoms with E-state index in [9.17, 15) is 9.90 Å². The highest BCUT2D eigenvalue weighted by molar-refractivity contribution is 7.13. The fraction of sp³-hybridized carbons (Fsp3) is 0.714. The molecule has 1 aromatic rings. The van der Waals surface area contributed by atoms with E-state index in [0.717, 1.165) is 17.8 Å². The molecule has 4 nitrogen and oxygen atoms in total. The number of carboxylic acid groups (broad SMARTS) is 1. The molecule has 1 heterocycles. The zero-order valence-electron chi connectivity index (χ0n) is 11.5. The molecule has 0 bridgehead atoms. The number of carboxylic acids is 1. The molecule has 1 fully saturated rings. The highest BCUT2D eigenvalue weighted by Gasteiger charge is 2.29. The van der Waals surface area contributed by atoms with Gasteiger partial charge in [-0.05, 0) is 25.2 Å². The van der Waals surface area contributed by atoms with Crippen LogP contribution in [0.4, 0.5) is 0 Å². The summed E-state index contributed by atoms with van der Waals surface area (Å²) in [5.74, 6) is -0.393. The minimum Gasteiger partial charge on any atom is -0.477 e. The van der Waals surface area contributed by atoms with Crippen LogP contribution >= 0.6 is 11.3 Å². The lowest BCUT2D eigenvalue weighted by molar-refractivity contribution is 0.0351. The molecule has 1 N–H and O–H groups in total. The summed E-state index contributed by atoms with van der Waals surface area (Å²) < 4.78 is 5.62. The fourth-order valence-electron chi connectivity index (χ4n) is 2.83. The third-order valence-electron chi connectivity index (χ3n) is 3.82. The van der Waals surface area contributed by atoms with Gasteiger partial charge in [0.05, 0.1) is 5.69 Å². The number of aromatic carboxylic acids is 1. The number of rotatable bonds is 5. The molecule has 1 atom stereocenters. The Hall–Kier alpha value is -0.940. The Labute approximate surface area is 117 Å². The van der Waals surface area contributed by atoms with Gasteiger partial charge in [0.1, 0.15) is 16.0 Å². The largest absolute Gasteiger partial charge is 0.477 e. The first kappa shape index (κ1) is 14.5. The average molecular weight is 283 g/mol. The summed E-state index contributed by atoms with van der Waals surface area (Å²) in [5, 5.41) is 10.0. The van der Waals surface area contributed by atoms with Crippen molar-refractivity contribution in [3.05, 3.63) is 15.6 Å². The van der Waals surface area contributed by atoms with Crippen LogP contribution in [0.15, 0.2) is 0 Å². The molecular formula is C14H21NO3S. The number of thiazole rings is 1. The third kappa shape index (κ3) is 3.15. The van der Waals surface area contributed by atoms with Gasteiger partial charge >= 0.3 is 5.97 Å². The lowest BCUT2D eigenvalue weighted by Crippen LogP contribution is -2.17. The molecule has 1 aliphatic carbocycles. The molecule has 1 aromatic heterocycles. The fourth-order valence-corrected chi connectivity index (χ4v) is 4.00. The SMILES string of the molecule is CCc1nc(C(OC)C2CCCCC2)sc1C(=O)O. The van der Waals surface area contributed by atoms with E-state index in [4.69, 9.17) is 4.74 Å². The number of aromatic nitrogens is 1. The number of carbonyl (C=O) groups is 1. The molecule has 1 unspecified atom stereocenters. The minimum atomic E-state index is -0.876. The van der Waals surface area contributed by atoms with Gasteiger partial charge in [-0.2, -0.15) is 0 Å². The molecule has 2 rings (SSSR count). The van der Waals surface area contributed by atoms with Crippen molar-refractivity contribution in [2.45, 2.75) is 51.6 Å². The molecule has 5 heteroatoms. The maximum atomic E-state index is 11.2. The number of nitrogens with zero attached hydrogens (tertiary/aromatic N) is 1. The second kappa shape index (κ2) is 6.48. The molecule has 0 spiro atoms. The summed E-state index contributed by atoms with van der Waals surface area (Å²) in [7, 11) is 1.70. The Kier molecular flexibility index (Phi) is 4.93. The highest BCUT2D eigenvalue weighted by atomic mass is 32.1. The van der Waals surface area contributed by atoms with Crippen LogP contribution in [0.1, 0.15) is 65.5 Å². The lowest BCUT2D eigenvalue weighted by Gasteiger charge is -2.27. The molecule has 19 heavy (non-hydrogen) atoms. The van der Waals surface area contributed by atoms with Gasteiger partial charge in [0.25, 0.3) is 0 Å². The van der Waals surface area contributed by atoms with Gasteiger partial charge in [-0.15, -0.1) is 11.3 Å². The summed E-state index contributed by atoms with van der Waals surface area (Å²) in [4.78, 5) is 16.1. The Morgan fingerprint density at radius 1 is 1.47 bits per heavy atom. The predicted molar refractivity (Wildman–Crippen MR) is 74.8 cm³/mol. The average Bonchev–Trinajstić information content (AvgIpc) is 2.85. The number of hydrogen-bond acceptors (Lipinski definition) is 4. The van der Waals surface area contributed by atoms with Crippen molar-refractivity contribution in [2.24, 2.45) is 5.92 Å². The van der Waals surface area contributed by atoms with Crippen LogP contribution in [-0.4, -0.2) is 23.2 Å². The molecule has 0 aliphatic heterocycles. The van der Waals surface area contributed by atoms with Crippen molar-refractivity contribution in [3.63, 3.8) is 0 Å². The Balaban J connectivity index is 2.24. The van der Waals surface area contributed by atoms with E-state index in [1.54, 1.807) is 7.11 Å². The van der Waals surface area contributed by atoms with E-state index in [2.05, 4.69) is 4.98 Å². The van der Waals surface area contributed by atoms with Crippen molar-refractivity contribution in [2.75, 3.05) is 7.11 Å². The first-order chi connectivity index (χ1) is 9.17. The summed E-state index contributed by atoms with van der Waals surface area (Å²) >= 11 is 1.28. The van der Waals surface area contributed by atoms with E-state index in [0.29, 0.717) is 22.9 Å². The van der Waals surface area contributed by atoms with Gasteiger partial charge in [0, 0.05) is 7.11 Å². The monoisotopic (exact) mass is 283 g/mol. The topological polar surface area (TPSA) is 59.4 Å². The van der Waals surface area contributed by atoms with Crippen LogP contribution in [0.5, 0.6) is 0 Å². The number of ether oxygens (including phenoxy) is 1. The van der Waals surface area contributed by atoms with Crippen molar-refractivity contribution in [1.29, 1.82) is 0 Å². The zero-order valence-corrected chi connectivity index (χ0v) is 12.3. The van der Waals surface area contributed by atoms with Crippen LogP contribution in [0.25, 0.3) is 0 Å². The highest BCUT2D eigenvalue weighted by Crippen LogP contribution is 2.38. The van der Waals surface area contributed by atoms with Crippen molar-refractivity contribution >= 4 is 17.3 Å². The van der Waals surface area contributed by atoms with Crippen molar-refractivity contribution < 1.29 is 14.6 Å². The number of hydrogen-bond donors (Lipinski definition) is 1. The van der Waals surface area contributed by atoms with Gasteiger partial charge in [-0.1, -0.05) is 26.2 Å². The summed E-state index contributed by atoms with van der Waals surface area (Å²) in [5.41, 5.74) is 0.686. The second-order valence-electron chi connectivity index (χ2n) is 5.04. The van der Waals surface area contributed by atoms with Gasteiger partial charge in [0.2, 0.25) is 0 Å². The normalized spacial score (nSPS) is 18.4. The van der Waals surface area contributed by atoms with Gasteiger partial charge < -0.3 is 9.84 Å². The Bertz CT molecular complexity index is 438. The van der Waals surface area contributed by atoms with Crippen LogP contribution in [0.2, 0.25) is 0 Å². The molecule has 106 valence electrons. The van der Waals surface area contributed by atoms with E-state index in [1.807, 2.05) is 6.92 Å².